The number of carbonyl (C=O) groups excluding carboxylic acids is 1. The molecule has 1 aromatic carbocycles. The van der Waals surface area contributed by atoms with E-state index in [1.165, 1.54) is 12.1 Å². The van der Waals surface area contributed by atoms with Gasteiger partial charge in [0.2, 0.25) is 0 Å². The summed E-state index contributed by atoms with van der Waals surface area (Å²) < 4.78 is 16.6. The first-order valence-corrected chi connectivity index (χ1v) is 7.74. The summed E-state index contributed by atoms with van der Waals surface area (Å²) in [6.07, 6.45) is 2.29. The van der Waals surface area contributed by atoms with Crippen LogP contribution in [0, 0.1) is 5.82 Å². The highest BCUT2D eigenvalue weighted by Crippen LogP contribution is 2.12. The zero-order valence-corrected chi connectivity index (χ0v) is 12.9. The van der Waals surface area contributed by atoms with Crippen LogP contribution in [0.25, 0.3) is 0 Å². The molecule has 112 valence electrons. The molecule has 0 bridgehead atoms. The molecular formula is C15H18FN3OS. The third kappa shape index (κ3) is 4.32. The summed E-state index contributed by atoms with van der Waals surface area (Å²) in [7, 11) is 0. The molecule has 0 aliphatic rings. The largest absolute Gasteiger partial charge is 0.349 e. The third-order valence-corrected chi connectivity index (χ3v) is 4.02. The van der Waals surface area contributed by atoms with Crippen molar-refractivity contribution in [1.29, 1.82) is 0 Å². The van der Waals surface area contributed by atoms with E-state index in [4.69, 9.17) is 0 Å². The number of aromatic nitrogens is 2. The van der Waals surface area contributed by atoms with E-state index in [2.05, 4.69) is 14.9 Å². The summed E-state index contributed by atoms with van der Waals surface area (Å²) in [6, 6.07) is 6.48. The van der Waals surface area contributed by atoms with Crippen molar-refractivity contribution in [2.24, 2.45) is 0 Å². The molecule has 1 amide bonds. The van der Waals surface area contributed by atoms with Gasteiger partial charge in [-0.05, 0) is 55.4 Å². The van der Waals surface area contributed by atoms with Crippen LogP contribution in [0.5, 0.6) is 0 Å². The van der Waals surface area contributed by atoms with Crippen LogP contribution in [0.4, 0.5) is 4.39 Å². The molecule has 0 saturated carbocycles. The first kappa shape index (κ1) is 15.6. The van der Waals surface area contributed by atoms with Gasteiger partial charge in [-0.3, -0.25) is 4.79 Å². The molecular weight excluding hydrogens is 289 g/mol. The van der Waals surface area contributed by atoms with Crippen LogP contribution >= 0.6 is 11.5 Å². The van der Waals surface area contributed by atoms with Crippen LogP contribution in [0.1, 0.15) is 41.2 Å². The molecule has 0 unspecified atom stereocenters. The van der Waals surface area contributed by atoms with Gasteiger partial charge in [0, 0.05) is 6.04 Å². The van der Waals surface area contributed by atoms with Crippen molar-refractivity contribution in [3.63, 3.8) is 0 Å². The molecule has 21 heavy (non-hydrogen) atoms. The minimum Gasteiger partial charge on any atom is -0.349 e. The highest BCUT2D eigenvalue weighted by molar-refractivity contribution is 7.08. The Balaban J connectivity index is 1.85. The summed E-state index contributed by atoms with van der Waals surface area (Å²) in [4.78, 5) is 12.7. The second-order valence-electron chi connectivity index (χ2n) is 4.94. The molecule has 2 aromatic rings. The number of amides is 1. The van der Waals surface area contributed by atoms with Gasteiger partial charge >= 0.3 is 0 Å². The third-order valence-electron chi connectivity index (χ3n) is 3.25. The molecule has 2 rings (SSSR count). The summed E-state index contributed by atoms with van der Waals surface area (Å²) in [5.74, 6) is -0.349. The van der Waals surface area contributed by atoms with Gasteiger partial charge < -0.3 is 5.32 Å². The van der Waals surface area contributed by atoms with Crippen molar-refractivity contribution >= 4 is 17.4 Å². The maximum atomic E-state index is 12.8. The molecule has 0 saturated heterocycles. The fourth-order valence-electron chi connectivity index (χ4n) is 2.01. The fraction of sp³-hybridized carbons (Fsp3) is 0.400. The van der Waals surface area contributed by atoms with Crippen molar-refractivity contribution in [2.45, 2.75) is 39.2 Å². The quantitative estimate of drug-likeness (QED) is 0.892. The van der Waals surface area contributed by atoms with Crippen LogP contribution in [0.15, 0.2) is 24.3 Å². The summed E-state index contributed by atoms with van der Waals surface area (Å²) in [5, 5.41) is 6.89. The predicted octanol–water partition coefficient (Wildman–Crippen LogP) is 2.99. The minimum atomic E-state index is -0.232. The van der Waals surface area contributed by atoms with Crippen molar-refractivity contribution in [3.05, 3.63) is 46.2 Å². The number of benzene rings is 1. The Morgan fingerprint density at radius 3 is 2.76 bits per heavy atom. The molecule has 0 spiro atoms. The summed E-state index contributed by atoms with van der Waals surface area (Å²) >= 11 is 1.13. The second kappa shape index (κ2) is 7.26. The molecule has 0 aliphatic carbocycles. The fourth-order valence-corrected chi connectivity index (χ4v) is 2.66. The highest BCUT2D eigenvalue weighted by Gasteiger charge is 2.16. The summed E-state index contributed by atoms with van der Waals surface area (Å²) in [5.41, 5.74) is 1.80. The van der Waals surface area contributed by atoms with Crippen LogP contribution in [-0.4, -0.2) is 21.5 Å². The molecule has 0 fully saturated rings. The Morgan fingerprint density at radius 2 is 2.10 bits per heavy atom. The van der Waals surface area contributed by atoms with Crippen molar-refractivity contribution in [1.82, 2.24) is 14.9 Å². The number of aryl methyl sites for hydroxylation is 2. The smallest absolute Gasteiger partial charge is 0.265 e. The van der Waals surface area contributed by atoms with Crippen LogP contribution in [-0.2, 0) is 12.8 Å². The Hall–Kier alpha value is -1.82. The zero-order valence-electron chi connectivity index (χ0n) is 12.1. The Morgan fingerprint density at radius 1 is 1.38 bits per heavy atom. The topological polar surface area (TPSA) is 54.9 Å². The average Bonchev–Trinajstić information content (AvgIpc) is 2.95. The average molecular weight is 307 g/mol. The van der Waals surface area contributed by atoms with E-state index in [-0.39, 0.29) is 17.8 Å². The van der Waals surface area contributed by atoms with Gasteiger partial charge in [0.1, 0.15) is 10.7 Å². The number of rotatable bonds is 6. The number of carbonyl (C=O) groups is 1. The van der Waals surface area contributed by atoms with Gasteiger partial charge in [0.25, 0.3) is 5.91 Å². The minimum absolute atomic E-state index is 0.0364. The molecule has 1 N–H and O–H groups in total. The predicted molar refractivity (Wildman–Crippen MR) is 80.9 cm³/mol. The van der Waals surface area contributed by atoms with E-state index in [1.54, 1.807) is 12.1 Å². The van der Waals surface area contributed by atoms with Gasteiger partial charge in [-0.15, -0.1) is 5.10 Å². The highest BCUT2D eigenvalue weighted by atomic mass is 32.1. The van der Waals surface area contributed by atoms with Crippen LogP contribution in [0.3, 0.4) is 0 Å². The van der Waals surface area contributed by atoms with Crippen LogP contribution in [0.2, 0.25) is 0 Å². The van der Waals surface area contributed by atoms with E-state index in [9.17, 15) is 9.18 Å². The van der Waals surface area contributed by atoms with Gasteiger partial charge in [-0.2, -0.15) is 0 Å². The van der Waals surface area contributed by atoms with Crippen molar-refractivity contribution in [3.8, 4) is 0 Å². The maximum Gasteiger partial charge on any atom is 0.265 e. The van der Waals surface area contributed by atoms with Crippen LogP contribution < -0.4 is 5.32 Å². The van der Waals surface area contributed by atoms with Gasteiger partial charge in [0.15, 0.2) is 0 Å². The Labute approximate surface area is 127 Å². The lowest BCUT2D eigenvalue weighted by atomic mass is 10.1. The first-order chi connectivity index (χ1) is 10.1. The van der Waals surface area contributed by atoms with Gasteiger partial charge in [-0.25, -0.2) is 4.39 Å². The van der Waals surface area contributed by atoms with E-state index < -0.39 is 0 Å². The van der Waals surface area contributed by atoms with E-state index in [0.717, 1.165) is 35.6 Å². The number of halogens is 1. The van der Waals surface area contributed by atoms with Crippen molar-refractivity contribution in [2.75, 3.05) is 0 Å². The molecule has 0 aliphatic heterocycles. The second-order valence-corrected chi connectivity index (χ2v) is 5.70. The van der Waals surface area contributed by atoms with E-state index in [0.29, 0.717) is 11.3 Å². The van der Waals surface area contributed by atoms with Gasteiger partial charge in [0.05, 0.1) is 5.69 Å². The molecule has 1 heterocycles. The summed E-state index contributed by atoms with van der Waals surface area (Å²) in [6.45, 7) is 3.91. The van der Waals surface area contributed by atoms with E-state index >= 15 is 0 Å². The monoisotopic (exact) mass is 307 g/mol. The lowest BCUT2D eigenvalue weighted by molar-refractivity contribution is 0.0941. The maximum absolute atomic E-state index is 12.8. The Bertz CT molecular complexity index is 597. The zero-order chi connectivity index (χ0) is 15.2. The molecule has 1 aromatic heterocycles. The number of nitrogens with zero attached hydrogens (tertiary/aromatic N) is 2. The lowest BCUT2D eigenvalue weighted by Crippen LogP contribution is -2.32. The molecule has 0 radical (unpaired) electrons. The Kier molecular flexibility index (Phi) is 5.38. The number of hydrogen-bond acceptors (Lipinski definition) is 4. The number of hydrogen-bond donors (Lipinski definition) is 1. The lowest BCUT2D eigenvalue weighted by Gasteiger charge is -2.13. The first-order valence-electron chi connectivity index (χ1n) is 6.96. The molecule has 1 atom stereocenters. The van der Waals surface area contributed by atoms with Crippen molar-refractivity contribution < 1.29 is 9.18 Å². The standard InChI is InChI=1S/C15H18FN3OS/c1-3-13-14(21-19-18-13)15(20)17-10(2)4-5-11-6-8-12(16)9-7-11/h6-10H,3-5H2,1-2H3,(H,17,20)/t10-/m1/s1. The normalized spacial score (nSPS) is 12.1. The SMILES string of the molecule is CCc1nnsc1C(=O)N[C@H](C)CCc1ccc(F)cc1. The molecule has 4 nitrogen and oxygen atoms in total. The number of nitrogens with one attached hydrogen (secondary N) is 1. The van der Waals surface area contributed by atoms with E-state index in [1.807, 2.05) is 13.8 Å². The molecule has 6 heteroatoms. The van der Waals surface area contributed by atoms with Gasteiger partial charge in [-0.1, -0.05) is 23.5 Å².